The Morgan fingerprint density at radius 2 is 2.31 bits per heavy atom. The lowest BCUT2D eigenvalue weighted by Gasteiger charge is -2.38. The summed E-state index contributed by atoms with van der Waals surface area (Å²) in [4.78, 5) is 0. The van der Waals surface area contributed by atoms with Gasteiger partial charge in [0.15, 0.2) is 0 Å². The molecule has 0 aliphatic carbocycles. The molecule has 0 spiro atoms. The summed E-state index contributed by atoms with van der Waals surface area (Å²) in [6, 6.07) is 0.159. The number of nitrogens with one attached hydrogen (secondary N) is 3. The second-order valence-corrected chi connectivity index (χ2v) is 4.02. The van der Waals surface area contributed by atoms with Crippen LogP contribution in [0.3, 0.4) is 0 Å². The van der Waals surface area contributed by atoms with Gasteiger partial charge in [0.05, 0.1) is 0 Å². The van der Waals surface area contributed by atoms with Crippen LogP contribution in [-0.2, 0) is 0 Å². The van der Waals surface area contributed by atoms with Gasteiger partial charge in [0.1, 0.15) is 0 Å². The van der Waals surface area contributed by atoms with Crippen molar-refractivity contribution in [1.82, 2.24) is 10.6 Å². The SMILES string of the molecule is CC1(C)CNCC(/C(C=N)=C/N)N1. The molecule has 1 aliphatic heterocycles. The van der Waals surface area contributed by atoms with Gasteiger partial charge in [0.25, 0.3) is 0 Å². The quantitative estimate of drug-likeness (QED) is 0.448. The van der Waals surface area contributed by atoms with E-state index in [-0.39, 0.29) is 11.6 Å². The van der Waals surface area contributed by atoms with Crippen LogP contribution in [0, 0.1) is 5.41 Å². The van der Waals surface area contributed by atoms with Crippen molar-refractivity contribution in [3.05, 3.63) is 11.8 Å². The molecule has 0 saturated carbocycles. The summed E-state index contributed by atoms with van der Waals surface area (Å²) in [7, 11) is 0. The molecule has 1 heterocycles. The zero-order valence-electron chi connectivity index (χ0n) is 8.22. The highest BCUT2D eigenvalue weighted by Crippen LogP contribution is 2.10. The molecule has 1 fully saturated rings. The van der Waals surface area contributed by atoms with E-state index in [0.29, 0.717) is 0 Å². The summed E-state index contributed by atoms with van der Waals surface area (Å²) < 4.78 is 0. The van der Waals surface area contributed by atoms with Crippen LogP contribution in [-0.4, -0.2) is 30.9 Å². The third-order valence-electron chi connectivity index (χ3n) is 2.24. The van der Waals surface area contributed by atoms with Gasteiger partial charge >= 0.3 is 0 Å². The second-order valence-electron chi connectivity index (χ2n) is 4.02. The Morgan fingerprint density at radius 1 is 1.62 bits per heavy atom. The molecule has 0 aromatic heterocycles. The third kappa shape index (κ3) is 2.54. The van der Waals surface area contributed by atoms with Crippen molar-refractivity contribution in [2.75, 3.05) is 13.1 Å². The van der Waals surface area contributed by atoms with Crippen LogP contribution in [0.15, 0.2) is 11.8 Å². The molecule has 13 heavy (non-hydrogen) atoms. The Morgan fingerprint density at radius 3 is 2.77 bits per heavy atom. The molecule has 74 valence electrons. The first-order chi connectivity index (χ1) is 6.09. The Bertz CT molecular complexity index is 220. The monoisotopic (exact) mass is 182 g/mol. The van der Waals surface area contributed by atoms with E-state index < -0.39 is 0 Å². The number of piperazine rings is 1. The van der Waals surface area contributed by atoms with Gasteiger partial charge in [-0.25, -0.2) is 0 Å². The van der Waals surface area contributed by atoms with Crippen molar-refractivity contribution in [1.29, 1.82) is 5.41 Å². The molecule has 0 aromatic carbocycles. The maximum Gasteiger partial charge on any atom is 0.0480 e. The van der Waals surface area contributed by atoms with Crippen molar-refractivity contribution in [3.8, 4) is 0 Å². The van der Waals surface area contributed by atoms with E-state index in [1.54, 1.807) is 0 Å². The minimum atomic E-state index is 0.0696. The van der Waals surface area contributed by atoms with Gasteiger partial charge in [-0.3, -0.25) is 0 Å². The predicted molar refractivity (Wildman–Crippen MR) is 54.9 cm³/mol. The average molecular weight is 182 g/mol. The Kier molecular flexibility index (Phi) is 3.06. The van der Waals surface area contributed by atoms with Gasteiger partial charge in [0.2, 0.25) is 0 Å². The van der Waals surface area contributed by atoms with Gasteiger partial charge in [0, 0.05) is 42.7 Å². The first-order valence-electron chi connectivity index (χ1n) is 4.50. The van der Waals surface area contributed by atoms with Gasteiger partial charge in [-0.2, -0.15) is 0 Å². The Labute approximate surface area is 79.1 Å². The van der Waals surface area contributed by atoms with Crippen LogP contribution >= 0.6 is 0 Å². The van der Waals surface area contributed by atoms with E-state index in [1.165, 1.54) is 12.4 Å². The van der Waals surface area contributed by atoms with Crippen molar-refractivity contribution in [2.24, 2.45) is 5.73 Å². The second kappa shape index (κ2) is 3.89. The molecule has 0 aromatic rings. The summed E-state index contributed by atoms with van der Waals surface area (Å²) in [5.41, 5.74) is 6.32. The zero-order chi connectivity index (χ0) is 9.90. The van der Waals surface area contributed by atoms with Crippen LogP contribution < -0.4 is 16.4 Å². The minimum absolute atomic E-state index is 0.0696. The van der Waals surface area contributed by atoms with Crippen LogP contribution in [0.4, 0.5) is 0 Å². The molecule has 4 heteroatoms. The van der Waals surface area contributed by atoms with Gasteiger partial charge in [-0.05, 0) is 13.8 Å². The molecular formula is C9H18N4. The maximum atomic E-state index is 7.18. The molecule has 0 radical (unpaired) electrons. The summed E-state index contributed by atoms with van der Waals surface area (Å²) >= 11 is 0. The highest BCUT2D eigenvalue weighted by molar-refractivity contribution is 5.77. The molecule has 1 rings (SSSR count). The Hall–Kier alpha value is -0.870. The number of nitrogens with two attached hydrogens (primary N) is 1. The average Bonchev–Trinajstić information content (AvgIpc) is 2.05. The number of hydrogen-bond donors (Lipinski definition) is 4. The van der Waals surface area contributed by atoms with Crippen LogP contribution in [0.2, 0.25) is 0 Å². The number of hydrogen-bond acceptors (Lipinski definition) is 4. The molecule has 0 amide bonds. The van der Waals surface area contributed by atoms with Crippen LogP contribution in [0.25, 0.3) is 0 Å². The van der Waals surface area contributed by atoms with E-state index >= 15 is 0 Å². The molecule has 1 unspecified atom stereocenters. The van der Waals surface area contributed by atoms with Crippen LogP contribution in [0.1, 0.15) is 13.8 Å². The van der Waals surface area contributed by atoms with E-state index in [0.717, 1.165) is 18.7 Å². The summed E-state index contributed by atoms with van der Waals surface area (Å²) in [5, 5.41) is 13.9. The number of rotatable bonds is 2. The normalized spacial score (nSPS) is 28.5. The van der Waals surface area contributed by atoms with Crippen molar-refractivity contribution < 1.29 is 0 Å². The van der Waals surface area contributed by atoms with Gasteiger partial charge in [-0.15, -0.1) is 0 Å². The predicted octanol–water partition coefficient (Wildman–Crippen LogP) is -0.181. The summed E-state index contributed by atoms with van der Waals surface area (Å²) in [6.45, 7) is 6.04. The van der Waals surface area contributed by atoms with Gasteiger partial charge < -0.3 is 21.8 Å². The zero-order valence-corrected chi connectivity index (χ0v) is 8.22. The largest absolute Gasteiger partial charge is 0.404 e. The van der Waals surface area contributed by atoms with Crippen molar-refractivity contribution in [3.63, 3.8) is 0 Å². The minimum Gasteiger partial charge on any atom is -0.404 e. The molecule has 0 bridgehead atoms. The topological polar surface area (TPSA) is 73.9 Å². The highest BCUT2D eigenvalue weighted by atomic mass is 15.1. The molecule has 1 atom stereocenters. The van der Waals surface area contributed by atoms with Crippen molar-refractivity contribution >= 4 is 6.21 Å². The fraction of sp³-hybridized carbons (Fsp3) is 0.667. The fourth-order valence-corrected chi connectivity index (χ4v) is 1.57. The molecule has 1 saturated heterocycles. The van der Waals surface area contributed by atoms with E-state index in [9.17, 15) is 0 Å². The first kappa shape index (κ1) is 10.2. The lowest BCUT2D eigenvalue weighted by molar-refractivity contribution is 0.285. The molecular weight excluding hydrogens is 164 g/mol. The summed E-state index contributed by atoms with van der Waals surface area (Å²) in [6.07, 6.45) is 2.80. The Balaban J connectivity index is 2.66. The van der Waals surface area contributed by atoms with Crippen molar-refractivity contribution in [2.45, 2.75) is 25.4 Å². The lowest BCUT2D eigenvalue weighted by Crippen LogP contribution is -2.61. The maximum absolute atomic E-state index is 7.18. The molecule has 1 aliphatic rings. The molecule has 4 nitrogen and oxygen atoms in total. The van der Waals surface area contributed by atoms with Crippen LogP contribution in [0.5, 0.6) is 0 Å². The lowest BCUT2D eigenvalue weighted by atomic mass is 9.97. The van der Waals surface area contributed by atoms with Gasteiger partial charge in [-0.1, -0.05) is 0 Å². The highest BCUT2D eigenvalue weighted by Gasteiger charge is 2.27. The first-order valence-corrected chi connectivity index (χ1v) is 4.50. The van der Waals surface area contributed by atoms with E-state index in [1.807, 2.05) is 0 Å². The molecule has 5 N–H and O–H groups in total. The summed E-state index contributed by atoms with van der Waals surface area (Å²) in [5.74, 6) is 0. The fourth-order valence-electron chi connectivity index (χ4n) is 1.57. The third-order valence-corrected chi connectivity index (χ3v) is 2.24. The smallest absolute Gasteiger partial charge is 0.0480 e. The van der Waals surface area contributed by atoms with E-state index in [2.05, 4.69) is 24.5 Å². The standard InChI is InChI=1S/C9H18N4/c1-9(2)6-12-5-8(13-9)7(3-10)4-11/h3-4,8,10,12-13H,5-6,11H2,1-2H3/b7-4+,10-3?. The van der Waals surface area contributed by atoms with E-state index in [4.69, 9.17) is 11.1 Å².